The van der Waals surface area contributed by atoms with E-state index in [0.29, 0.717) is 31.5 Å². The molecule has 2 aromatic rings. The van der Waals surface area contributed by atoms with Gasteiger partial charge in [-0.25, -0.2) is 4.68 Å². The molecule has 0 atom stereocenters. The van der Waals surface area contributed by atoms with Crippen molar-refractivity contribution in [3.63, 3.8) is 0 Å². The molecule has 26 heavy (non-hydrogen) atoms. The molecule has 1 N–H and O–H groups in total. The molecule has 0 radical (unpaired) electrons. The van der Waals surface area contributed by atoms with Crippen LogP contribution in [0.2, 0.25) is 0 Å². The van der Waals surface area contributed by atoms with Gasteiger partial charge in [-0.1, -0.05) is 17.7 Å². The van der Waals surface area contributed by atoms with E-state index in [1.54, 1.807) is 4.90 Å². The molecule has 2 heterocycles. The van der Waals surface area contributed by atoms with Crippen molar-refractivity contribution in [1.29, 1.82) is 0 Å². The quantitative estimate of drug-likeness (QED) is 0.895. The topological polar surface area (TPSA) is 84.3 Å². The highest BCUT2D eigenvalue weighted by atomic mass is 16.2. The van der Waals surface area contributed by atoms with E-state index in [-0.39, 0.29) is 29.1 Å². The highest BCUT2D eigenvalue weighted by Gasteiger charge is 2.25. The summed E-state index contributed by atoms with van der Waals surface area (Å²) in [5.74, 6) is -0.279. The lowest BCUT2D eigenvalue weighted by atomic mass is 10.0. The molecule has 136 valence electrons. The van der Waals surface area contributed by atoms with Crippen molar-refractivity contribution in [2.45, 2.75) is 25.8 Å². The summed E-state index contributed by atoms with van der Waals surface area (Å²) in [6.07, 6.45) is 1.38. The zero-order valence-corrected chi connectivity index (χ0v) is 14.9. The van der Waals surface area contributed by atoms with Crippen LogP contribution in [0.25, 0.3) is 0 Å². The Morgan fingerprint density at radius 1 is 1.08 bits per heavy atom. The first-order chi connectivity index (χ1) is 12.4. The fourth-order valence-electron chi connectivity index (χ4n) is 2.98. The average molecular weight is 354 g/mol. The van der Waals surface area contributed by atoms with Crippen LogP contribution in [-0.2, 0) is 7.05 Å². The van der Waals surface area contributed by atoms with Crippen LogP contribution in [0.15, 0.2) is 41.2 Å². The van der Waals surface area contributed by atoms with Crippen molar-refractivity contribution in [1.82, 2.24) is 20.0 Å². The van der Waals surface area contributed by atoms with Crippen molar-refractivity contribution < 1.29 is 9.59 Å². The van der Waals surface area contributed by atoms with Crippen LogP contribution in [0.5, 0.6) is 0 Å². The van der Waals surface area contributed by atoms with E-state index in [1.807, 2.05) is 31.2 Å². The normalized spacial score (nSPS) is 14.9. The van der Waals surface area contributed by atoms with Gasteiger partial charge in [-0.3, -0.25) is 14.4 Å². The van der Waals surface area contributed by atoms with Crippen molar-refractivity contribution in [2.75, 3.05) is 13.1 Å². The molecule has 0 unspecified atom stereocenters. The predicted octanol–water partition coefficient (Wildman–Crippen LogP) is 1.12. The molecule has 2 amide bonds. The number of hydrogen-bond acceptors (Lipinski definition) is 4. The van der Waals surface area contributed by atoms with Gasteiger partial charge in [-0.05, 0) is 38.0 Å². The van der Waals surface area contributed by atoms with Crippen LogP contribution in [0.4, 0.5) is 0 Å². The van der Waals surface area contributed by atoms with Crippen molar-refractivity contribution >= 4 is 11.8 Å². The molecular formula is C19H22N4O3. The number of aromatic nitrogens is 2. The molecule has 1 aromatic carbocycles. The standard InChI is InChI=1S/C19H22N4O3/c1-13-3-5-14(6-4-13)18(25)20-15-9-11-23(12-10-15)19(26)16-7-8-17(24)22(2)21-16/h3-8,15H,9-12H2,1-2H3,(H,20,25). The first-order valence-corrected chi connectivity index (χ1v) is 8.65. The Morgan fingerprint density at radius 3 is 2.35 bits per heavy atom. The molecule has 0 bridgehead atoms. The smallest absolute Gasteiger partial charge is 0.274 e. The fourth-order valence-corrected chi connectivity index (χ4v) is 2.98. The highest BCUT2D eigenvalue weighted by molar-refractivity contribution is 5.94. The zero-order chi connectivity index (χ0) is 18.7. The maximum Gasteiger partial charge on any atom is 0.274 e. The number of carbonyl (C=O) groups excluding carboxylic acids is 2. The number of nitrogens with zero attached hydrogens (tertiary/aromatic N) is 3. The molecule has 0 spiro atoms. The van der Waals surface area contributed by atoms with Gasteiger partial charge in [0, 0.05) is 37.8 Å². The number of benzene rings is 1. The van der Waals surface area contributed by atoms with E-state index in [9.17, 15) is 14.4 Å². The molecule has 0 saturated carbocycles. The summed E-state index contributed by atoms with van der Waals surface area (Å²) >= 11 is 0. The van der Waals surface area contributed by atoms with E-state index in [0.717, 1.165) is 10.2 Å². The number of rotatable bonds is 3. The van der Waals surface area contributed by atoms with Crippen molar-refractivity contribution in [3.8, 4) is 0 Å². The number of amides is 2. The summed E-state index contributed by atoms with van der Waals surface area (Å²) < 4.78 is 1.15. The molecular weight excluding hydrogens is 332 g/mol. The fraction of sp³-hybridized carbons (Fsp3) is 0.368. The Hall–Kier alpha value is -2.96. The lowest BCUT2D eigenvalue weighted by Gasteiger charge is -2.32. The van der Waals surface area contributed by atoms with Gasteiger partial charge in [-0.2, -0.15) is 5.10 Å². The molecule has 7 heteroatoms. The van der Waals surface area contributed by atoms with E-state index in [1.165, 1.54) is 19.2 Å². The maximum atomic E-state index is 12.5. The Labute approximate surface area is 151 Å². The number of likely N-dealkylation sites (tertiary alicyclic amines) is 1. The molecule has 1 aliphatic rings. The Morgan fingerprint density at radius 2 is 1.73 bits per heavy atom. The number of hydrogen-bond donors (Lipinski definition) is 1. The van der Waals surface area contributed by atoms with Gasteiger partial charge in [-0.15, -0.1) is 0 Å². The zero-order valence-electron chi connectivity index (χ0n) is 14.9. The second-order valence-corrected chi connectivity index (χ2v) is 6.59. The van der Waals surface area contributed by atoms with Crippen LogP contribution >= 0.6 is 0 Å². The van der Waals surface area contributed by atoms with E-state index in [2.05, 4.69) is 10.4 Å². The molecule has 1 saturated heterocycles. The average Bonchev–Trinajstić information content (AvgIpc) is 2.64. The largest absolute Gasteiger partial charge is 0.349 e. The second-order valence-electron chi connectivity index (χ2n) is 6.59. The lowest BCUT2D eigenvalue weighted by Crippen LogP contribution is -2.47. The second kappa shape index (κ2) is 7.51. The summed E-state index contributed by atoms with van der Waals surface area (Å²) in [5.41, 5.74) is 1.76. The molecule has 1 aromatic heterocycles. The van der Waals surface area contributed by atoms with Crippen LogP contribution < -0.4 is 10.9 Å². The lowest BCUT2D eigenvalue weighted by molar-refractivity contribution is 0.0690. The molecule has 1 fully saturated rings. The van der Waals surface area contributed by atoms with E-state index in [4.69, 9.17) is 0 Å². The minimum absolute atomic E-state index is 0.0425. The van der Waals surface area contributed by atoms with Crippen molar-refractivity contribution in [2.24, 2.45) is 7.05 Å². The number of carbonyl (C=O) groups is 2. The molecule has 0 aliphatic carbocycles. The highest BCUT2D eigenvalue weighted by Crippen LogP contribution is 2.14. The first-order valence-electron chi connectivity index (χ1n) is 8.65. The van der Waals surface area contributed by atoms with Crippen LogP contribution in [0.3, 0.4) is 0 Å². The molecule has 3 rings (SSSR count). The first kappa shape index (κ1) is 17.8. The Balaban J connectivity index is 1.56. The van der Waals surface area contributed by atoms with Gasteiger partial charge in [0.1, 0.15) is 5.69 Å². The number of nitrogens with one attached hydrogen (secondary N) is 1. The van der Waals surface area contributed by atoms with Crippen LogP contribution in [-0.4, -0.2) is 45.6 Å². The number of aryl methyl sites for hydroxylation is 2. The number of piperidine rings is 1. The van der Waals surface area contributed by atoms with Crippen molar-refractivity contribution in [3.05, 3.63) is 63.6 Å². The third-order valence-corrected chi connectivity index (χ3v) is 4.61. The summed E-state index contributed by atoms with van der Waals surface area (Å²) in [6, 6.07) is 10.3. The maximum absolute atomic E-state index is 12.5. The molecule has 7 nitrogen and oxygen atoms in total. The third kappa shape index (κ3) is 3.99. The monoisotopic (exact) mass is 354 g/mol. The predicted molar refractivity (Wildman–Crippen MR) is 97.0 cm³/mol. The van der Waals surface area contributed by atoms with Gasteiger partial charge in [0.05, 0.1) is 0 Å². The minimum Gasteiger partial charge on any atom is -0.349 e. The SMILES string of the molecule is Cc1ccc(C(=O)NC2CCN(C(=O)c3ccc(=O)n(C)n3)CC2)cc1. The Kier molecular flexibility index (Phi) is 5.16. The van der Waals surface area contributed by atoms with Gasteiger partial charge in [0.15, 0.2) is 0 Å². The van der Waals surface area contributed by atoms with Gasteiger partial charge >= 0.3 is 0 Å². The van der Waals surface area contributed by atoms with Gasteiger partial charge in [0.25, 0.3) is 17.4 Å². The summed E-state index contributed by atoms with van der Waals surface area (Å²) in [6.45, 7) is 3.07. The van der Waals surface area contributed by atoms with Gasteiger partial charge in [0.2, 0.25) is 0 Å². The summed E-state index contributed by atoms with van der Waals surface area (Å²) in [5, 5.41) is 7.04. The third-order valence-electron chi connectivity index (χ3n) is 4.61. The van der Waals surface area contributed by atoms with Crippen LogP contribution in [0.1, 0.15) is 39.3 Å². The Bertz CT molecular complexity index is 865. The van der Waals surface area contributed by atoms with Crippen LogP contribution in [0, 0.1) is 6.92 Å². The summed E-state index contributed by atoms with van der Waals surface area (Å²) in [4.78, 5) is 37.9. The van der Waals surface area contributed by atoms with E-state index < -0.39 is 0 Å². The van der Waals surface area contributed by atoms with E-state index >= 15 is 0 Å². The minimum atomic E-state index is -0.251. The molecule has 1 aliphatic heterocycles. The summed E-state index contributed by atoms with van der Waals surface area (Å²) in [7, 11) is 1.52. The van der Waals surface area contributed by atoms with Gasteiger partial charge < -0.3 is 10.2 Å².